The summed E-state index contributed by atoms with van der Waals surface area (Å²) in [5.41, 5.74) is -0.0857. The van der Waals surface area contributed by atoms with Crippen LogP contribution in [0.4, 0.5) is 18.0 Å². The monoisotopic (exact) mass is 466 g/mol. The maximum Gasteiger partial charge on any atom is 0.416 e. The number of alkyl halides is 3. The number of hydrogen-bond acceptors (Lipinski definition) is 4. The Hall–Kier alpha value is -3.56. The van der Waals surface area contributed by atoms with Gasteiger partial charge >= 0.3 is 18.2 Å². The van der Waals surface area contributed by atoms with Gasteiger partial charge in [-0.15, -0.1) is 0 Å². The molecule has 2 aromatic rings. The Labute approximate surface area is 188 Å². The van der Waals surface area contributed by atoms with Crippen LogP contribution in [0.25, 0.3) is 0 Å². The molecule has 178 valence electrons. The molecule has 0 fully saturated rings. The molecule has 0 aliphatic carbocycles. The Bertz CT molecular complexity index is 964. The fourth-order valence-electron chi connectivity index (χ4n) is 3.00. The highest BCUT2D eigenvalue weighted by Gasteiger charge is 2.32. The van der Waals surface area contributed by atoms with Crippen molar-refractivity contribution in [2.75, 3.05) is 0 Å². The minimum absolute atomic E-state index is 0.0214. The summed E-state index contributed by atoms with van der Waals surface area (Å²) in [6.45, 7) is 3.26. The molecule has 2 aromatic carbocycles. The van der Waals surface area contributed by atoms with Crippen LogP contribution in [0.2, 0.25) is 0 Å². The van der Waals surface area contributed by atoms with E-state index in [4.69, 9.17) is 4.74 Å². The van der Waals surface area contributed by atoms with Crippen molar-refractivity contribution in [2.45, 2.75) is 45.1 Å². The standard InChI is InChI=1S/C23H25F3N2O5/c1-14(2)19(28-22(32)33-13-15-7-4-3-5-8-15)20(29)27-18(21(30)31)12-16-9-6-10-17(11-16)23(24,25)26/h3-11,14,18-19H,12-13H2,1-2H3,(H,27,29)(H,28,32)(H,30,31)/t18-,19+/m1/s1. The number of aliphatic carboxylic acids is 1. The van der Waals surface area contributed by atoms with Gasteiger partial charge in [-0.05, 0) is 23.1 Å². The first kappa shape index (κ1) is 25.7. The lowest BCUT2D eigenvalue weighted by atomic mass is 10.0. The predicted octanol–water partition coefficient (Wildman–Crippen LogP) is 3.77. The first-order valence-electron chi connectivity index (χ1n) is 10.1. The molecular formula is C23H25F3N2O5. The third-order valence-corrected chi connectivity index (χ3v) is 4.74. The lowest BCUT2D eigenvalue weighted by molar-refractivity contribution is -0.142. The van der Waals surface area contributed by atoms with Crippen LogP contribution in [0, 0.1) is 5.92 Å². The summed E-state index contributed by atoms with van der Waals surface area (Å²) >= 11 is 0. The SMILES string of the molecule is CC(C)[C@H](NC(=O)OCc1ccccc1)C(=O)N[C@H](Cc1cccc(C(F)(F)F)c1)C(=O)O. The largest absolute Gasteiger partial charge is 0.480 e. The minimum atomic E-state index is -4.58. The van der Waals surface area contributed by atoms with E-state index < -0.39 is 47.7 Å². The number of nitrogens with one attached hydrogen (secondary N) is 2. The average Bonchev–Trinajstić information content (AvgIpc) is 2.75. The van der Waals surface area contributed by atoms with Gasteiger partial charge < -0.3 is 20.5 Å². The zero-order valence-electron chi connectivity index (χ0n) is 18.1. The Morgan fingerprint density at radius 2 is 1.61 bits per heavy atom. The number of alkyl carbamates (subject to hydrolysis) is 1. The summed E-state index contributed by atoms with van der Waals surface area (Å²) in [5.74, 6) is -2.63. The van der Waals surface area contributed by atoms with Crippen molar-refractivity contribution in [1.29, 1.82) is 0 Å². The molecule has 2 rings (SSSR count). The number of carboxylic acid groups (broad SMARTS) is 1. The fraction of sp³-hybridized carbons (Fsp3) is 0.348. The van der Waals surface area contributed by atoms with Crippen molar-refractivity contribution in [2.24, 2.45) is 5.92 Å². The van der Waals surface area contributed by atoms with Crippen LogP contribution in [0.3, 0.4) is 0 Å². The van der Waals surface area contributed by atoms with E-state index >= 15 is 0 Å². The van der Waals surface area contributed by atoms with Gasteiger partial charge in [0.05, 0.1) is 5.56 Å². The molecule has 0 saturated heterocycles. The number of carbonyl (C=O) groups is 3. The molecule has 0 radical (unpaired) electrons. The highest BCUT2D eigenvalue weighted by Crippen LogP contribution is 2.29. The predicted molar refractivity (Wildman–Crippen MR) is 113 cm³/mol. The molecule has 2 amide bonds. The van der Waals surface area contributed by atoms with E-state index in [-0.39, 0.29) is 18.6 Å². The molecule has 2 atom stereocenters. The van der Waals surface area contributed by atoms with Gasteiger partial charge in [0, 0.05) is 6.42 Å². The van der Waals surface area contributed by atoms with Crippen LogP contribution in [-0.4, -0.2) is 35.2 Å². The highest BCUT2D eigenvalue weighted by atomic mass is 19.4. The molecular weight excluding hydrogens is 441 g/mol. The molecule has 7 nitrogen and oxygen atoms in total. The maximum atomic E-state index is 12.9. The third kappa shape index (κ3) is 8.13. The minimum Gasteiger partial charge on any atom is -0.480 e. The molecule has 10 heteroatoms. The van der Waals surface area contributed by atoms with Crippen molar-refractivity contribution in [3.8, 4) is 0 Å². The maximum absolute atomic E-state index is 12.9. The summed E-state index contributed by atoms with van der Waals surface area (Å²) in [6.07, 6.45) is -5.81. The van der Waals surface area contributed by atoms with E-state index in [0.29, 0.717) is 0 Å². The van der Waals surface area contributed by atoms with Crippen molar-refractivity contribution in [3.05, 3.63) is 71.3 Å². The van der Waals surface area contributed by atoms with Crippen LogP contribution < -0.4 is 10.6 Å². The first-order valence-corrected chi connectivity index (χ1v) is 10.1. The Balaban J connectivity index is 2.03. The molecule has 0 aliphatic heterocycles. The fourth-order valence-corrected chi connectivity index (χ4v) is 3.00. The second-order valence-electron chi connectivity index (χ2n) is 7.73. The molecule has 3 N–H and O–H groups in total. The van der Waals surface area contributed by atoms with Gasteiger partial charge in [-0.2, -0.15) is 13.2 Å². The van der Waals surface area contributed by atoms with Crippen LogP contribution in [0.1, 0.15) is 30.5 Å². The summed E-state index contributed by atoms with van der Waals surface area (Å²) in [6, 6.07) is 10.5. The second-order valence-corrected chi connectivity index (χ2v) is 7.73. The van der Waals surface area contributed by atoms with E-state index in [9.17, 15) is 32.7 Å². The Kier molecular flexibility index (Phi) is 8.84. The Morgan fingerprint density at radius 3 is 2.18 bits per heavy atom. The normalized spacial score (nSPS) is 13.2. The van der Waals surface area contributed by atoms with E-state index in [1.54, 1.807) is 44.2 Å². The number of hydrogen-bond donors (Lipinski definition) is 3. The van der Waals surface area contributed by atoms with Gasteiger partial charge in [0.1, 0.15) is 18.7 Å². The number of carboxylic acids is 1. The van der Waals surface area contributed by atoms with Gasteiger partial charge in [-0.3, -0.25) is 4.79 Å². The molecule has 0 aliphatic rings. The first-order chi connectivity index (χ1) is 15.5. The van der Waals surface area contributed by atoms with Crippen molar-refractivity contribution in [1.82, 2.24) is 10.6 Å². The van der Waals surface area contributed by atoms with E-state index in [1.807, 2.05) is 0 Å². The lowest BCUT2D eigenvalue weighted by Crippen LogP contribution is -2.54. The van der Waals surface area contributed by atoms with Gasteiger partial charge in [0.15, 0.2) is 0 Å². The van der Waals surface area contributed by atoms with Gasteiger partial charge in [0.25, 0.3) is 0 Å². The number of amides is 2. The van der Waals surface area contributed by atoms with E-state index in [0.717, 1.165) is 17.7 Å². The van der Waals surface area contributed by atoms with E-state index in [2.05, 4.69) is 10.6 Å². The zero-order valence-corrected chi connectivity index (χ0v) is 18.1. The number of carbonyl (C=O) groups excluding carboxylic acids is 2. The topological polar surface area (TPSA) is 105 Å². The lowest BCUT2D eigenvalue weighted by Gasteiger charge is -2.24. The molecule has 0 heterocycles. The van der Waals surface area contributed by atoms with Crippen LogP contribution >= 0.6 is 0 Å². The van der Waals surface area contributed by atoms with Crippen molar-refractivity contribution >= 4 is 18.0 Å². The smallest absolute Gasteiger partial charge is 0.416 e. The number of benzene rings is 2. The second kappa shape index (κ2) is 11.3. The van der Waals surface area contributed by atoms with Gasteiger partial charge in [-0.25, -0.2) is 9.59 Å². The average molecular weight is 466 g/mol. The van der Waals surface area contributed by atoms with Crippen LogP contribution in [0.5, 0.6) is 0 Å². The molecule has 0 unspecified atom stereocenters. The molecule has 0 aromatic heterocycles. The van der Waals surface area contributed by atoms with Gasteiger partial charge in [-0.1, -0.05) is 62.4 Å². The van der Waals surface area contributed by atoms with Crippen molar-refractivity contribution < 1.29 is 37.4 Å². The molecule has 0 bridgehead atoms. The quantitative estimate of drug-likeness (QED) is 0.522. The number of rotatable bonds is 9. The number of halogens is 3. The van der Waals surface area contributed by atoms with Crippen LogP contribution in [0.15, 0.2) is 54.6 Å². The summed E-state index contributed by atoms with van der Waals surface area (Å²) in [4.78, 5) is 36.5. The molecule has 0 spiro atoms. The molecule has 33 heavy (non-hydrogen) atoms. The van der Waals surface area contributed by atoms with Crippen LogP contribution in [-0.2, 0) is 33.5 Å². The Morgan fingerprint density at radius 1 is 0.970 bits per heavy atom. The summed E-state index contributed by atoms with van der Waals surface area (Å²) < 4.78 is 43.9. The van der Waals surface area contributed by atoms with Gasteiger partial charge in [0.2, 0.25) is 5.91 Å². The van der Waals surface area contributed by atoms with E-state index in [1.165, 1.54) is 12.1 Å². The molecule has 0 saturated carbocycles. The highest BCUT2D eigenvalue weighted by molar-refractivity contribution is 5.89. The number of ether oxygens (including phenoxy) is 1. The van der Waals surface area contributed by atoms with Crippen molar-refractivity contribution in [3.63, 3.8) is 0 Å². The summed E-state index contributed by atoms with van der Waals surface area (Å²) in [5, 5.41) is 14.2. The zero-order chi connectivity index (χ0) is 24.6. The summed E-state index contributed by atoms with van der Waals surface area (Å²) in [7, 11) is 0. The third-order valence-electron chi connectivity index (χ3n) is 4.74.